The van der Waals surface area contributed by atoms with E-state index in [9.17, 15) is 23.1 Å². The van der Waals surface area contributed by atoms with Gasteiger partial charge in [0.05, 0.1) is 11.3 Å². The maximum atomic E-state index is 12.2. The number of carbonyl (C=O) groups is 1. The Kier molecular flexibility index (Phi) is 2.64. The fourth-order valence-electron chi connectivity index (χ4n) is 0.949. The second-order valence-electron chi connectivity index (χ2n) is 2.46. The zero-order chi connectivity index (χ0) is 10.8. The molecule has 1 aromatic rings. The molecule has 1 rings (SSSR count). The molecule has 1 aromatic carbocycles. The van der Waals surface area contributed by atoms with Gasteiger partial charge in [-0.15, -0.1) is 0 Å². The van der Waals surface area contributed by atoms with Crippen LogP contribution in [0.4, 0.5) is 23.7 Å². The highest BCUT2D eigenvalue weighted by molar-refractivity contribution is 5.83. The lowest BCUT2D eigenvalue weighted by molar-refractivity contribution is -0.136. The zero-order valence-electron chi connectivity index (χ0n) is 6.76. The van der Waals surface area contributed by atoms with Crippen molar-refractivity contribution in [2.75, 3.05) is 5.32 Å². The van der Waals surface area contributed by atoms with Crippen LogP contribution < -0.4 is 5.32 Å². The zero-order valence-corrected chi connectivity index (χ0v) is 6.76. The lowest BCUT2D eigenvalue weighted by atomic mass is 10.2. The van der Waals surface area contributed by atoms with Gasteiger partial charge in [-0.2, -0.15) is 13.2 Å². The van der Waals surface area contributed by atoms with Gasteiger partial charge in [0.1, 0.15) is 0 Å². The molecule has 0 spiro atoms. The van der Waals surface area contributed by atoms with Gasteiger partial charge in [-0.3, -0.25) is 5.32 Å². The van der Waals surface area contributed by atoms with Crippen molar-refractivity contribution >= 4 is 11.8 Å². The van der Waals surface area contributed by atoms with Crippen LogP contribution in [0, 0.1) is 0 Å². The number of anilines is 1. The van der Waals surface area contributed by atoms with Crippen molar-refractivity contribution in [3.05, 3.63) is 29.8 Å². The number of benzene rings is 1. The Labute approximate surface area is 77.2 Å². The van der Waals surface area contributed by atoms with E-state index in [-0.39, 0.29) is 0 Å². The van der Waals surface area contributed by atoms with Crippen LogP contribution >= 0.6 is 0 Å². The first kappa shape index (κ1) is 10.4. The highest BCUT2D eigenvalue weighted by atomic mass is 19.4. The average Bonchev–Trinajstić information content (AvgIpc) is 2.01. The minimum Gasteiger partial charge on any atom is -0.288 e. The third kappa shape index (κ3) is 2.38. The van der Waals surface area contributed by atoms with E-state index in [0.717, 1.165) is 12.1 Å². The third-order valence-electron chi connectivity index (χ3n) is 1.47. The highest BCUT2D eigenvalue weighted by Gasteiger charge is 2.33. The summed E-state index contributed by atoms with van der Waals surface area (Å²) in [5.74, 6) is 0. The predicted octanol–water partition coefficient (Wildman–Crippen LogP) is 2.67. The first-order valence-electron chi connectivity index (χ1n) is 3.55. The van der Waals surface area contributed by atoms with Crippen LogP contribution in [0.3, 0.4) is 0 Å². The average molecular weight is 204 g/mol. The van der Waals surface area contributed by atoms with E-state index in [1.54, 1.807) is 5.32 Å². The van der Waals surface area contributed by atoms with Crippen molar-refractivity contribution in [2.45, 2.75) is 6.18 Å². The smallest absolute Gasteiger partial charge is 0.288 e. The van der Waals surface area contributed by atoms with Gasteiger partial charge in [0.2, 0.25) is 0 Å². The molecule has 3 nitrogen and oxygen atoms in total. The van der Waals surface area contributed by atoms with Gasteiger partial charge in [-0.05, 0) is 12.1 Å². The van der Waals surface area contributed by atoms with Crippen molar-refractivity contribution in [2.24, 2.45) is 0 Å². The molecule has 14 heavy (non-hydrogen) atoms. The molecule has 0 heterocycles. The highest BCUT2D eigenvalue weighted by Crippen LogP contribution is 2.34. The fourth-order valence-corrected chi connectivity index (χ4v) is 0.949. The Hall–Kier alpha value is -1.72. The maximum Gasteiger partial charge on any atom is 0.454 e. The molecule has 0 atom stereocenters. The van der Waals surface area contributed by atoms with E-state index in [1.807, 2.05) is 0 Å². The number of nitrogens with one attached hydrogen (secondary N) is 1. The number of alkyl halides is 3. The van der Waals surface area contributed by atoms with Gasteiger partial charge < -0.3 is 0 Å². The molecular weight excluding hydrogens is 199 g/mol. The summed E-state index contributed by atoms with van der Waals surface area (Å²) in [4.78, 5) is 10.1. The Morgan fingerprint density at radius 1 is 1.21 bits per heavy atom. The van der Waals surface area contributed by atoms with Gasteiger partial charge in [0.15, 0.2) is 0 Å². The molecule has 75 valence electrons. The molecule has 0 aliphatic rings. The number of hydrogen-bond acceptors (Lipinski definition) is 1. The van der Waals surface area contributed by atoms with E-state index in [0.29, 0.717) is 0 Å². The Balaban J connectivity index is 3.10. The molecule has 0 saturated carbocycles. The Morgan fingerprint density at radius 3 is 2.29 bits per heavy atom. The maximum absolute atomic E-state index is 12.2. The van der Waals surface area contributed by atoms with Crippen molar-refractivity contribution in [3.8, 4) is 0 Å². The SMILES string of the molecule is [O]C(=O)Nc1ccccc1C(F)(F)F. The van der Waals surface area contributed by atoms with Crippen molar-refractivity contribution in [1.82, 2.24) is 0 Å². The van der Waals surface area contributed by atoms with E-state index in [2.05, 4.69) is 0 Å². The van der Waals surface area contributed by atoms with Gasteiger partial charge in [-0.25, -0.2) is 9.90 Å². The molecule has 0 saturated heterocycles. The van der Waals surface area contributed by atoms with Crippen LogP contribution in [0.25, 0.3) is 0 Å². The monoisotopic (exact) mass is 204 g/mol. The van der Waals surface area contributed by atoms with E-state index in [1.165, 1.54) is 12.1 Å². The molecule has 1 amide bonds. The Bertz CT molecular complexity index is 349. The summed E-state index contributed by atoms with van der Waals surface area (Å²) in [6.45, 7) is 0. The summed E-state index contributed by atoms with van der Waals surface area (Å²) < 4.78 is 36.7. The molecule has 0 aliphatic heterocycles. The lowest BCUT2D eigenvalue weighted by Crippen LogP contribution is -2.13. The first-order valence-corrected chi connectivity index (χ1v) is 3.55. The van der Waals surface area contributed by atoms with Gasteiger partial charge in [-0.1, -0.05) is 12.1 Å². The quantitative estimate of drug-likeness (QED) is 0.751. The number of amides is 1. The summed E-state index contributed by atoms with van der Waals surface area (Å²) in [5.41, 5.74) is -1.57. The molecule has 0 aromatic heterocycles. The first-order chi connectivity index (χ1) is 6.41. The molecular formula is C8H5F3NO2. The van der Waals surface area contributed by atoms with Crippen LogP contribution in [0.15, 0.2) is 24.3 Å². The van der Waals surface area contributed by atoms with Gasteiger partial charge in [0, 0.05) is 0 Å². The molecule has 0 unspecified atom stereocenters. The molecule has 0 aliphatic carbocycles. The molecule has 1 radical (unpaired) electrons. The molecule has 6 heteroatoms. The minimum absolute atomic E-state index is 0.528. The predicted molar refractivity (Wildman–Crippen MR) is 41.1 cm³/mol. The second-order valence-corrected chi connectivity index (χ2v) is 2.46. The van der Waals surface area contributed by atoms with Gasteiger partial charge in [0.25, 0.3) is 0 Å². The topological polar surface area (TPSA) is 49.0 Å². The fraction of sp³-hybridized carbons (Fsp3) is 0.125. The van der Waals surface area contributed by atoms with Crippen molar-refractivity contribution in [1.29, 1.82) is 0 Å². The Morgan fingerprint density at radius 2 is 1.79 bits per heavy atom. The van der Waals surface area contributed by atoms with Crippen molar-refractivity contribution in [3.63, 3.8) is 0 Å². The third-order valence-corrected chi connectivity index (χ3v) is 1.47. The molecule has 0 fully saturated rings. The number of carbonyl (C=O) groups excluding carboxylic acids is 1. The standard InChI is InChI=1S/C8H5F3NO2/c9-8(10,11)5-3-1-2-4-6(5)12-7(13)14/h1-4,12H. The summed E-state index contributed by atoms with van der Waals surface area (Å²) in [5, 5.41) is 11.6. The number of hydrogen-bond donors (Lipinski definition) is 1. The van der Waals surface area contributed by atoms with Gasteiger partial charge >= 0.3 is 12.3 Å². The van der Waals surface area contributed by atoms with E-state index in [4.69, 9.17) is 0 Å². The van der Waals surface area contributed by atoms with Crippen molar-refractivity contribution < 1.29 is 23.1 Å². The summed E-state index contributed by atoms with van der Waals surface area (Å²) in [6, 6.07) is 4.26. The van der Waals surface area contributed by atoms with Crippen LogP contribution in [-0.4, -0.2) is 6.09 Å². The number of halogens is 3. The van der Waals surface area contributed by atoms with E-state index < -0.39 is 23.5 Å². The minimum atomic E-state index is -4.58. The summed E-state index contributed by atoms with van der Waals surface area (Å²) >= 11 is 0. The second kappa shape index (κ2) is 3.57. The van der Waals surface area contributed by atoms with Crippen LogP contribution in [0.5, 0.6) is 0 Å². The van der Waals surface area contributed by atoms with Crippen LogP contribution in [0.1, 0.15) is 5.56 Å². The lowest BCUT2D eigenvalue weighted by Gasteiger charge is -2.10. The largest absolute Gasteiger partial charge is 0.454 e. The molecule has 0 bridgehead atoms. The van der Waals surface area contributed by atoms with Crippen LogP contribution in [0.2, 0.25) is 0 Å². The van der Waals surface area contributed by atoms with Crippen LogP contribution in [-0.2, 0) is 11.3 Å². The number of rotatable bonds is 1. The molecule has 1 N–H and O–H groups in total. The van der Waals surface area contributed by atoms with E-state index >= 15 is 0 Å². The summed E-state index contributed by atoms with van der Waals surface area (Å²) in [6.07, 6.45) is -6.36. The number of para-hydroxylation sites is 1. The normalized spacial score (nSPS) is 11.1. The summed E-state index contributed by atoms with van der Waals surface area (Å²) in [7, 11) is 0.